The first kappa shape index (κ1) is 66.5. The first-order valence-corrected chi connectivity index (χ1v) is 30.5. The second-order valence-electron chi connectivity index (χ2n) is 21.0. The Morgan fingerprint density at radius 1 is 0.441 bits per heavy atom. The van der Waals surface area contributed by atoms with E-state index in [1.165, 1.54) is 218 Å². The molecule has 0 aromatic rings. The maximum absolute atomic E-state index is 12.8. The monoisotopic (exact) mass is 982 g/mol. The van der Waals surface area contributed by atoms with Gasteiger partial charge in [0, 0.05) is 12.8 Å². The molecule has 0 fully saturated rings. The summed E-state index contributed by atoms with van der Waals surface area (Å²) in [4.78, 5) is 37.8. The lowest BCUT2D eigenvalue weighted by Gasteiger charge is -2.28. The van der Waals surface area contributed by atoms with Gasteiger partial charge < -0.3 is 27.9 Å². The lowest BCUT2D eigenvalue weighted by Crippen LogP contribution is -2.37. The van der Waals surface area contributed by atoms with Crippen LogP contribution in [0.2, 0.25) is 0 Å². The minimum Gasteiger partial charge on any atom is -0.756 e. The van der Waals surface area contributed by atoms with E-state index in [0.29, 0.717) is 17.4 Å². The fourth-order valence-corrected chi connectivity index (χ4v) is 9.14. The number of carbonyl (C=O) groups excluding carboxylic acids is 2. The van der Waals surface area contributed by atoms with Crippen molar-refractivity contribution in [2.45, 2.75) is 290 Å². The maximum Gasteiger partial charge on any atom is 0.306 e. The van der Waals surface area contributed by atoms with E-state index in [2.05, 4.69) is 38.2 Å². The van der Waals surface area contributed by atoms with E-state index in [4.69, 9.17) is 18.5 Å². The summed E-state index contributed by atoms with van der Waals surface area (Å²) >= 11 is 0. The van der Waals surface area contributed by atoms with Crippen molar-refractivity contribution in [1.82, 2.24) is 0 Å². The van der Waals surface area contributed by atoms with Gasteiger partial charge in [-0.05, 0) is 64.2 Å². The van der Waals surface area contributed by atoms with E-state index in [9.17, 15) is 19.0 Å². The SMILES string of the molecule is CCCCCCCC/C=C\CCCCCCCCCCCC(=O)OCC(COP(=O)([O-])OCC[N+](C)(C)C)OC(=O)CCCCCCCCCCCCCCC/C=C\CCCCCCCCCC. The van der Waals surface area contributed by atoms with Gasteiger partial charge in [0.1, 0.15) is 19.8 Å². The molecule has 9 nitrogen and oxygen atoms in total. The van der Waals surface area contributed by atoms with Crippen LogP contribution in [0.1, 0.15) is 284 Å². The molecule has 2 unspecified atom stereocenters. The van der Waals surface area contributed by atoms with Crippen LogP contribution in [0.25, 0.3) is 0 Å². The quantitative estimate of drug-likeness (QED) is 0.0195. The van der Waals surface area contributed by atoms with E-state index in [1.54, 1.807) is 0 Å². The molecule has 0 rings (SSSR count). The van der Waals surface area contributed by atoms with Gasteiger partial charge in [-0.3, -0.25) is 14.2 Å². The molecule has 0 saturated carbocycles. The van der Waals surface area contributed by atoms with Crippen molar-refractivity contribution in [3.8, 4) is 0 Å². The molecule has 0 heterocycles. The lowest BCUT2D eigenvalue weighted by atomic mass is 10.0. The van der Waals surface area contributed by atoms with Gasteiger partial charge in [-0.25, -0.2) is 0 Å². The van der Waals surface area contributed by atoms with Gasteiger partial charge in [0.05, 0.1) is 27.7 Å². The Labute approximate surface area is 421 Å². The fraction of sp³-hybridized carbons (Fsp3) is 0.897. The number of allylic oxidation sites excluding steroid dienone is 4. The Bertz CT molecular complexity index is 1200. The Balaban J connectivity index is 4.13. The number of phosphoric ester groups is 1. The largest absolute Gasteiger partial charge is 0.756 e. The molecule has 0 aliphatic rings. The summed E-state index contributed by atoms with van der Waals surface area (Å²) in [6.07, 6.45) is 59.3. The average molecular weight is 983 g/mol. The summed E-state index contributed by atoms with van der Waals surface area (Å²) in [5.74, 6) is -0.822. The molecule has 0 aromatic carbocycles. The van der Waals surface area contributed by atoms with Crippen LogP contribution in [0, 0.1) is 0 Å². The van der Waals surface area contributed by atoms with Crippen LogP contribution >= 0.6 is 7.82 Å². The molecule has 0 aromatic heterocycles. The highest BCUT2D eigenvalue weighted by atomic mass is 31.2. The number of hydrogen-bond donors (Lipinski definition) is 0. The number of ether oxygens (including phenoxy) is 2. The molecule has 0 aliphatic heterocycles. The van der Waals surface area contributed by atoms with Crippen molar-refractivity contribution in [2.24, 2.45) is 0 Å². The second kappa shape index (κ2) is 50.4. The molecule has 0 amide bonds. The molecule has 10 heteroatoms. The molecule has 0 radical (unpaired) electrons. The van der Waals surface area contributed by atoms with Gasteiger partial charge in [0.2, 0.25) is 0 Å². The van der Waals surface area contributed by atoms with Crippen LogP contribution in [-0.2, 0) is 32.7 Å². The summed E-state index contributed by atoms with van der Waals surface area (Å²) in [7, 11) is 1.18. The van der Waals surface area contributed by atoms with Crippen LogP contribution in [0.3, 0.4) is 0 Å². The minimum atomic E-state index is -4.63. The number of carbonyl (C=O) groups is 2. The van der Waals surface area contributed by atoms with Gasteiger partial charge in [0.15, 0.2) is 6.10 Å². The molecule has 2 atom stereocenters. The number of likely N-dealkylation sites (N-methyl/N-ethyl adjacent to an activating group) is 1. The van der Waals surface area contributed by atoms with Gasteiger partial charge in [-0.1, -0.05) is 231 Å². The standard InChI is InChI=1S/C58H112NO8P/c1-6-8-10-12-14-16-18-20-22-24-26-27-28-29-30-31-33-35-37-39-41-43-45-47-49-51-58(61)67-56(55-66-68(62,63)65-53-52-59(3,4)5)54-64-57(60)50-48-46-44-42-40-38-36-34-32-25-23-21-19-17-15-13-11-9-7-2/h21,23-24,26,56H,6-20,22,25,27-55H2,1-5H3/b23-21-,26-24-. The van der Waals surface area contributed by atoms with Crippen molar-refractivity contribution in [1.29, 1.82) is 0 Å². The van der Waals surface area contributed by atoms with Crippen LogP contribution in [-0.4, -0.2) is 70.0 Å². The predicted octanol–water partition coefficient (Wildman–Crippen LogP) is 17.2. The highest BCUT2D eigenvalue weighted by Crippen LogP contribution is 2.38. The zero-order valence-corrected chi connectivity index (χ0v) is 46.5. The molecule has 0 spiro atoms. The van der Waals surface area contributed by atoms with Crippen molar-refractivity contribution in [3.63, 3.8) is 0 Å². The Hall–Kier alpha value is -1.51. The molecular weight excluding hydrogens is 870 g/mol. The highest BCUT2D eigenvalue weighted by molar-refractivity contribution is 7.45. The summed E-state index contributed by atoms with van der Waals surface area (Å²) < 4.78 is 34.2. The van der Waals surface area contributed by atoms with Crippen molar-refractivity contribution < 1.29 is 42.1 Å². The number of phosphoric acid groups is 1. The first-order valence-electron chi connectivity index (χ1n) is 29.0. The smallest absolute Gasteiger partial charge is 0.306 e. The Morgan fingerprint density at radius 3 is 1.09 bits per heavy atom. The van der Waals surface area contributed by atoms with Crippen LogP contribution in [0.5, 0.6) is 0 Å². The molecular formula is C58H112NO8P. The number of unbranched alkanes of at least 4 members (excludes halogenated alkanes) is 36. The minimum absolute atomic E-state index is 0.0289. The highest BCUT2D eigenvalue weighted by Gasteiger charge is 2.22. The van der Waals surface area contributed by atoms with Crippen molar-refractivity contribution in [2.75, 3.05) is 47.5 Å². The van der Waals surface area contributed by atoms with Gasteiger partial charge in [-0.15, -0.1) is 0 Å². The lowest BCUT2D eigenvalue weighted by molar-refractivity contribution is -0.870. The molecule has 0 aliphatic carbocycles. The van der Waals surface area contributed by atoms with Crippen LogP contribution in [0.15, 0.2) is 24.3 Å². The predicted molar refractivity (Wildman–Crippen MR) is 287 cm³/mol. The van der Waals surface area contributed by atoms with E-state index in [0.717, 1.165) is 32.1 Å². The maximum atomic E-state index is 12.8. The van der Waals surface area contributed by atoms with Gasteiger partial charge in [0.25, 0.3) is 7.82 Å². The first-order chi connectivity index (χ1) is 33.0. The molecule has 0 saturated heterocycles. The fourth-order valence-electron chi connectivity index (χ4n) is 8.41. The van der Waals surface area contributed by atoms with Gasteiger partial charge >= 0.3 is 11.9 Å². The number of esters is 2. The molecule has 0 bridgehead atoms. The second-order valence-corrected chi connectivity index (χ2v) is 22.4. The normalized spacial score (nSPS) is 13.4. The number of quaternary nitrogens is 1. The Morgan fingerprint density at radius 2 is 0.750 bits per heavy atom. The topological polar surface area (TPSA) is 111 Å². The average Bonchev–Trinajstić information content (AvgIpc) is 3.30. The molecule has 402 valence electrons. The third-order valence-corrected chi connectivity index (χ3v) is 13.9. The van der Waals surface area contributed by atoms with E-state index >= 15 is 0 Å². The zero-order chi connectivity index (χ0) is 49.9. The Kier molecular flexibility index (Phi) is 49.3. The summed E-state index contributed by atoms with van der Waals surface area (Å²) in [6, 6.07) is 0. The van der Waals surface area contributed by atoms with Crippen molar-refractivity contribution in [3.05, 3.63) is 24.3 Å². The molecule has 0 N–H and O–H groups in total. The van der Waals surface area contributed by atoms with E-state index in [1.807, 2.05) is 21.1 Å². The molecule has 68 heavy (non-hydrogen) atoms. The number of hydrogen-bond acceptors (Lipinski definition) is 8. The zero-order valence-electron chi connectivity index (χ0n) is 45.6. The van der Waals surface area contributed by atoms with Crippen LogP contribution < -0.4 is 4.89 Å². The van der Waals surface area contributed by atoms with Gasteiger partial charge in [-0.2, -0.15) is 0 Å². The summed E-state index contributed by atoms with van der Waals surface area (Å²) in [6.45, 7) is 4.28. The van der Waals surface area contributed by atoms with E-state index < -0.39 is 26.5 Å². The third-order valence-electron chi connectivity index (χ3n) is 12.9. The number of nitrogens with zero attached hydrogens (tertiary/aromatic N) is 1. The summed E-state index contributed by atoms with van der Waals surface area (Å²) in [5.41, 5.74) is 0. The van der Waals surface area contributed by atoms with Crippen molar-refractivity contribution >= 4 is 19.8 Å². The third kappa shape index (κ3) is 53.8. The number of rotatable bonds is 54. The summed E-state index contributed by atoms with van der Waals surface area (Å²) in [5, 5.41) is 0. The van der Waals surface area contributed by atoms with E-state index in [-0.39, 0.29) is 32.0 Å². The van der Waals surface area contributed by atoms with Crippen LogP contribution in [0.4, 0.5) is 0 Å².